The third kappa shape index (κ3) is 3.43. The number of phenolic OH excluding ortho intramolecular Hbond substituents is 1. The van der Waals surface area contributed by atoms with Crippen LogP contribution < -0.4 is 5.43 Å². The van der Waals surface area contributed by atoms with Gasteiger partial charge in [-0.15, -0.1) is 0 Å². The fourth-order valence-electron chi connectivity index (χ4n) is 3.52. The van der Waals surface area contributed by atoms with Gasteiger partial charge in [0.25, 0.3) is 0 Å². The van der Waals surface area contributed by atoms with Crippen molar-refractivity contribution in [2.24, 2.45) is 0 Å². The minimum atomic E-state index is -1.67. The molecule has 1 aliphatic heterocycles. The summed E-state index contributed by atoms with van der Waals surface area (Å²) in [6.45, 7) is 2.27. The van der Waals surface area contributed by atoms with Crippen molar-refractivity contribution in [3.8, 4) is 5.75 Å². The van der Waals surface area contributed by atoms with Gasteiger partial charge in [-0.05, 0) is 25.5 Å². The Bertz CT molecular complexity index is 962. The van der Waals surface area contributed by atoms with Gasteiger partial charge in [-0.3, -0.25) is 9.59 Å². The van der Waals surface area contributed by atoms with E-state index in [1.807, 2.05) is 0 Å². The summed E-state index contributed by atoms with van der Waals surface area (Å²) in [6.07, 6.45) is -7.65. The Morgan fingerprint density at radius 1 is 1.14 bits per heavy atom. The predicted molar refractivity (Wildman–Crippen MR) is 96.0 cm³/mol. The second-order valence-corrected chi connectivity index (χ2v) is 7.04. The highest BCUT2D eigenvalue weighted by Crippen LogP contribution is 2.41. The van der Waals surface area contributed by atoms with E-state index in [9.17, 15) is 35.1 Å². The molecule has 2 aromatic rings. The fourth-order valence-corrected chi connectivity index (χ4v) is 3.52. The molecule has 0 spiro atoms. The summed E-state index contributed by atoms with van der Waals surface area (Å²) in [5, 5.41) is 50.5. The molecule has 1 aromatic heterocycles. The standard InChI is InChI=1S/C19H22O9/c1-7-3-10(22)14(19-17(26)16(25)15(24)12(6-20)28-19)18-13(7)11(23)5-9(27-18)4-8(2)21/h3,5,12,15-17,19-20,22,24-26H,4,6H2,1-2H3/t12-,15+,16-,17+,19-/m0/s1. The molecule has 0 radical (unpaired) electrons. The van der Waals surface area contributed by atoms with Crippen molar-refractivity contribution in [1.29, 1.82) is 0 Å². The van der Waals surface area contributed by atoms with Crippen LogP contribution in [-0.2, 0) is 16.0 Å². The Balaban J connectivity index is 2.26. The number of phenols is 1. The number of carbonyl (C=O) groups excluding carboxylic acids is 1. The smallest absolute Gasteiger partial charge is 0.193 e. The normalized spacial score (nSPS) is 27.9. The average Bonchev–Trinajstić information content (AvgIpc) is 2.60. The van der Waals surface area contributed by atoms with Gasteiger partial charge < -0.3 is 34.7 Å². The number of Topliss-reactive ketones (excluding diaryl/α,β-unsaturated/α-hetero) is 1. The highest BCUT2D eigenvalue weighted by Gasteiger charge is 2.45. The van der Waals surface area contributed by atoms with E-state index in [2.05, 4.69) is 0 Å². The average molecular weight is 394 g/mol. The van der Waals surface area contributed by atoms with Gasteiger partial charge in [0.05, 0.1) is 24.0 Å². The van der Waals surface area contributed by atoms with E-state index in [-0.39, 0.29) is 40.2 Å². The summed E-state index contributed by atoms with van der Waals surface area (Å²) in [6, 6.07) is 2.48. The molecule has 1 aromatic carbocycles. The first-order valence-corrected chi connectivity index (χ1v) is 8.74. The third-order valence-corrected chi connectivity index (χ3v) is 4.87. The lowest BCUT2D eigenvalue weighted by Gasteiger charge is -2.40. The maximum atomic E-state index is 12.6. The lowest BCUT2D eigenvalue weighted by atomic mass is 9.89. The molecular weight excluding hydrogens is 372 g/mol. The van der Waals surface area contributed by atoms with Crippen LogP contribution in [0, 0.1) is 6.92 Å². The number of benzene rings is 1. The molecule has 9 nitrogen and oxygen atoms in total. The number of aliphatic hydroxyl groups excluding tert-OH is 4. The third-order valence-electron chi connectivity index (χ3n) is 4.87. The molecule has 0 unspecified atom stereocenters. The molecule has 0 saturated carbocycles. The monoisotopic (exact) mass is 394 g/mol. The van der Waals surface area contributed by atoms with Crippen LogP contribution in [0.3, 0.4) is 0 Å². The summed E-state index contributed by atoms with van der Waals surface area (Å²) in [5.74, 6) is -0.535. The van der Waals surface area contributed by atoms with E-state index >= 15 is 0 Å². The van der Waals surface area contributed by atoms with E-state index < -0.39 is 42.6 Å². The first kappa shape index (κ1) is 20.4. The lowest BCUT2D eigenvalue weighted by molar-refractivity contribution is -0.231. The minimum absolute atomic E-state index is 0.0702. The zero-order valence-electron chi connectivity index (χ0n) is 15.3. The Morgan fingerprint density at radius 3 is 2.43 bits per heavy atom. The molecule has 152 valence electrons. The number of aryl methyl sites for hydroxylation is 1. The molecule has 0 amide bonds. The first-order valence-electron chi connectivity index (χ1n) is 8.74. The summed E-state index contributed by atoms with van der Waals surface area (Å²) >= 11 is 0. The van der Waals surface area contributed by atoms with E-state index in [0.29, 0.717) is 5.56 Å². The summed E-state index contributed by atoms with van der Waals surface area (Å²) < 4.78 is 11.2. The number of ketones is 1. The van der Waals surface area contributed by atoms with Gasteiger partial charge in [-0.25, -0.2) is 0 Å². The first-order chi connectivity index (χ1) is 13.1. The number of carbonyl (C=O) groups is 1. The van der Waals surface area contributed by atoms with Crippen LogP contribution in [-0.4, -0.2) is 62.3 Å². The number of aliphatic hydroxyl groups is 4. The summed E-state index contributed by atoms with van der Waals surface area (Å²) in [5.41, 5.74) is -0.240. The van der Waals surface area contributed by atoms with Gasteiger partial charge in [-0.2, -0.15) is 0 Å². The van der Waals surface area contributed by atoms with Gasteiger partial charge in [-0.1, -0.05) is 0 Å². The molecule has 28 heavy (non-hydrogen) atoms. The zero-order chi connectivity index (χ0) is 20.7. The van der Waals surface area contributed by atoms with Crippen molar-refractivity contribution in [1.82, 2.24) is 0 Å². The van der Waals surface area contributed by atoms with Crippen molar-refractivity contribution in [3.63, 3.8) is 0 Å². The molecule has 0 bridgehead atoms. The van der Waals surface area contributed by atoms with Crippen LogP contribution in [0.1, 0.15) is 29.9 Å². The Hall–Kier alpha value is -2.30. The van der Waals surface area contributed by atoms with E-state index in [4.69, 9.17) is 9.15 Å². The highest BCUT2D eigenvalue weighted by molar-refractivity contribution is 5.86. The van der Waals surface area contributed by atoms with Crippen molar-refractivity contribution >= 4 is 16.8 Å². The van der Waals surface area contributed by atoms with E-state index in [1.54, 1.807) is 6.92 Å². The van der Waals surface area contributed by atoms with Gasteiger partial charge >= 0.3 is 0 Å². The maximum Gasteiger partial charge on any atom is 0.193 e. The lowest BCUT2D eigenvalue weighted by Crippen LogP contribution is -2.55. The van der Waals surface area contributed by atoms with Crippen molar-refractivity contribution < 1.29 is 39.5 Å². The summed E-state index contributed by atoms with van der Waals surface area (Å²) in [4.78, 5) is 24.0. The molecule has 1 saturated heterocycles. The SMILES string of the molecule is CC(=O)Cc1cc(=O)c2c(C)cc(O)c([C@@H]3O[C@@H](CO)[C@@H](O)[C@H](O)[C@H]3O)c2o1. The molecule has 1 aliphatic rings. The summed E-state index contributed by atoms with van der Waals surface area (Å²) in [7, 11) is 0. The molecule has 0 aliphatic carbocycles. The highest BCUT2D eigenvalue weighted by atomic mass is 16.5. The molecule has 5 N–H and O–H groups in total. The maximum absolute atomic E-state index is 12.6. The second-order valence-electron chi connectivity index (χ2n) is 7.04. The largest absolute Gasteiger partial charge is 0.507 e. The minimum Gasteiger partial charge on any atom is -0.507 e. The van der Waals surface area contributed by atoms with Crippen LogP contribution in [0.25, 0.3) is 11.0 Å². The van der Waals surface area contributed by atoms with Crippen LogP contribution in [0.2, 0.25) is 0 Å². The van der Waals surface area contributed by atoms with Crippen LogP contribution in [0.5, 0.6) is 5.75 Å². The van der Waals surface area contributed by atoms with Gasteiger partial charge in [0.15, 0.2) is 5.43 Å². The number of hydrogen-bond acceptors (Lipinski definition) is 9. The second kappa shape index (κ2) is 7.61. The molecule has 9 heteroatoms. The number of fused-ring (bicyclic) bond motifs is 1. The number of rotatable bonds is 4. The van der Waals surface area contributed by atoms with Crippen molar-refractivity contribution in [2.45, 2.75) is 50.8 Å². The molecule has 1 fully saturated rings. The number of aromatic hydroxyl groups is 1. The number of hydrogen-bond donors (Lipinski definition) is 5. The fraction of sp³-hybridized carbons (Fsp3) is 0.474. The Labute approximate surface area is 159 Å². The topological polar surface area (TPSA) is 158 Å². The van der Waals surface area contributed by atoms with Crippen molar-refractivity contribution in [3.05, 3.63) is 39.2 Å². The quantitative estimate of drug-likeness (QED) is 0.459. The molecule has 3 rings (SSSR count). The van der Waals surface area contributed by atoms with Crippen molar-refractivity contribution in [2.75, 3.05) is 6.61 Å². The van der Waals surface area contributed by atoms with E-state index in [1.165, 1.54) is 19.1 Å². The van der Waals surface area contributed by atoms with Gasteiger partial charge in [0, 0.05) is 6.07 Å². The predicted octanol–water partition coefficient (Wildman–Crippen LogP) is -0.547. The number of ether oxygens (including phenoxy) is 1. The zero-order valence-corrected chi connectivity index (χ0v) is 15.3. The molecular formula is C19H22O9. The Kier molecular flexibility index (Phi) is 5.55. The molecule has 5 atom stereocenters. The Morgan fingerprint density at radius 2 is 1.82 bits per heavy atom. The van der Waals surface area contributed by atoms with E-state index in [0.717, 1.165) is 0 Å². The van der Waals surface area contributed by atoms with Crippen LogP contribution in [0.4, 0.5) is 0 Å². The van der Waals surface area contributed by atoms with Crippen LogP contribution in [0.15, 0.2) is 21.3 Å². The van der Waals surface area contributed by atoms with Gasteiger partial charge in [0.1, 0.15) is 53.4 Å². The van der Waals surface area contributed by atoms with Crippen LogP contribution >= 0.6 is 0 Å². The molecule has 2 heterocycles. The van der Waals surface area contributed by atoms with Gasteiger partial charge in [0.2, 0.25) is 0 Å².